The van der Waals surface area contributed by atoms with E-state index in [1.807, 2.05) is 9.80 Å². The van der Waals surface area contributed by atoms with E-state index >= 15 is 0 Å². The summed E-state index contributed by atoms with van der Waals surface area (Å²) in [6, 6.07) is 11.7. The van der Waals surface area contributed by atoms with Crippen LogP contribution < -0.4 is 5.32 Å². The molecule has 3 aliphatic heterocycles. The van der Waals surface area contributed by atoms with Gasteiger partial charge in [0, 0.05) is 63.2 Å². The van der Waals surface area contributed by atoms with Crippen molar-refractivity contribution in [1.29, 1.82) is 0 Å². The number of likely N-dealkylation sites (tertiary alicyclic amines) is 3. The lowest BCUT2D eigenvalue weighted by atomic mass is 9.78. The van der Waals surface area contributed by atoms with Crippen LogP contribution in [0.4, 0.5) is 4.79 Å². The van der Waals surface area contributed by atoms with Gasteiger partial charge in [-0.3, -0.25) is 4.79 Å². The van der Waals surface area contributed by atoms with Crippen molar-refractivity contribution in [3.8, 4) is 0 Å². The first-order valence-corrected chi connectivity index (χ1v) is 13.8. The average Bonchev–Trinajstić information content (AvgIpc) is 3.58. The van der Waals surface area contributed by atoms with E-state index in [1.165, 1.54) is 12.0 Å². The van der Waals surface area contributed by atoms with Gasteiger partial charge in [-0.25, -0.2) is 4.79 Å². The lowest BCUT2D eigenvalue weighted by Crippen LogP contribution is -2.60. The van der Waals surface area contributed by atoms with Gasteiger partial charge >= 0.3 is 6.03 Å². The van der Waals surface area contributed by atoms with Crippen molar-refractivity contribution in [1.82, 2.24) is 20.0 Å². The molecule has 3 saturated heterocycles. The third kappa shape index (κ3) is 4.57. The number of hydrogen-bond donors (Lipinski definition) is 2. The minimum atomic E-state index is -0.381. The Balaban J connectivity index is 0.966. The molecule has 0 bridgehead atoms. The van der Waals surface area contributed by atoms with Crippen LogP contribution in [-0.2, 0) is 4.79 Å². The first kappa shape index (κ1) is 23.3. The van der Waals surface area contributed by atoms with Crippen LogP contribution >= 0.6 is 0 Å². The maximum absolute atomic E-state index is 13.5. The monoisotopic (exact) mass is 480 g/mol. The topological polar surface area (TPSA) is 76.1 Å². The molecule has 7 heteroatoms. The molecule has 5 aliphatic rings. The van der Waals surface area contributed by atoms with E-state index < -0.39 is 0 Å². The van der Waals surface area contributed by atoms with Crippen LogP contribution in [0.5, 0.6) is 0 Å². The molecule has 5 fully saturated rings. The molecule has 1 spiro atoms. The second-order valence-corrected chi connectivity index (χ2v) is 11.8. The smallest absolute Gasteiger partial charge is 0.320 e. The van der Waals surface area contributed by atoms with Gasteiger partial charge in [0.05, 0.1) is 11.5 Å². The number of amides is 3. The number of nitrogens with zero attached hydrogens (tertiary/aromatic N) is 3. The third-order valence-corrected chi connectivity index (χ3v) is 9.41. The van der Waals surface area contributed by atoms with Gasteiger partial charge in [0.2, 0.25) is 5.91 Å². The second kappa shape index (κ2) is 9.40. The number of piperidine rings is 1. The van der Waals surface area contributed by atoms with E-state index in [1.54, 1.807) is 0 Å². The molecule has 7 nitrogen and oxygen atoms in total. The molecule has 0 aromatic heterocycles. The predicted octanol–water partition coefficient (Wildman–Crippen LogP) is 2.80. The molecule has 1 aromatic rings. The summed E-state index contributed by atoms with van der Waals surface area (Å²) in [5.41, 5.74) is 1.05. The Bertz CT molecular complexity index is 927. The van der Waals surface area contributed by atoms with Crippen molar-refractivity contribution in [2.75, 3.05) is 39.3 Å². The van der Waals surface area contributed by atoms with Gasteiger partial charge in [0.1, 0.15) is 0 Å². The molecule has 3 amide bonds. The minimum Gasteiger partial charge on any atom is -0.393 e. The molecule has 0 unspecified atom stereocenters. The zero-order chi connectivity index (χ0) is 24.0. The number of urea groups is 1. The number of rotatable bonds is 5. The number of hydrogen-bond acceptors (Lipinski definition) is 4. The van der Waals surface area contributed by atoms with Crippen molar-refractivity contribution in [2.45, 2.75) is 75.5 Å². The minimum absolute atomic E-state index is 0.126. The fourth-order valence-corrected chi connectivity index (χ4v) is 7.10. The largest absolute Gasteiger partial charge is 0.393 e. The normalized spacial score (nSPS) is 35.5. The number of nitrogens with one attached hydrogen (secondary N) is 1. The lowest BCUT2D eigenvalue weighted by Gasteiger charge is -2.46. The summed E-state index contributed by atoms with van der Waals surface area (Å²) in [6.45, 7) is 4.78. The highest BCUT2D eigenvalue weighted by atomic mass is 16.3. The molecular formula is C28H40N4O3. The SMILES string of the molecule is O=C(N1CC(CN[C@@H]2C[C@H]2c2ccccc2)C1)N1CCC[C@@]2(CCN(C3CCC(O)CC3)C2=O)C1. The van der Waals surface area contributed by atoms with Crippen LogP contribution in [0.2, 0.25) is 0 Å². The fraction of sp³-hybridized carbons (Fsp3) is 0.714. The van der Waals surface area contributed by atoms with Crippen LogP contribution in [-0.4, -0.2) is 89.2 Å². The number of carbonyl (C=O) groups excluding carboxylic acids is 2. The van der Waals surface area contributed by atoms with Crippen LogP contribution in [0.15, 0.2) is 30.3 Å². The zero-order valence-electron chi connectivity index (χ0n) is 20.8. The Morgan fingerprint density at radius 1 is 1.03 bits per heavy atom. The Labute approximate surface area is 208 Å². The summed E-state index contributed by atoms with van der Waals surface area (Å²) >= 11 is 0. The van der Waals surface area contributed by atoms with Gasteiger partial charge in [-0.1, -0.05) is 30.3 Å². The summed E-state index contributed by atoms with van der Waals surface area (Å²) in [5, 5.41) is 13.6. The highest BCUT2D eigenvalue weighted by molar-refractivity contribution is 5.86. The predicted molar refractivity (Wildman–Crippen MR) is 134 cm³/mol. The Kier molecular flexibility index (Phi) is 6.25. The maximum Gasteiger partial charge on any atom is 0.320 e. The van der Waals surface area contributed by atoms with E-state index in [0.29, 0.717) is 24.4 Å². The van der Waals surface area contributed by atoms with Gasteiger partial charge in [-0.05, 0) is 56.9 Å². The Morgan fingerprint density at radius 3 is 2.57 bits per heavy atom. The Hall–Kier alpha value is -2.12. The highest BCUT2D eigenvalue weighted by Gasteiger charge is 2.52. The number of aliphatic hydroxyl groups is 1. The van der Waals surface area contributed by atoms with Crippen molar-refractivity contribution in [2.24, 2.45) is 11.3 Å². The summed E-state index contributed by atoms with van der Waals surface area (Å²) in [7, 11) is 0. The molecule has 3 atom stereocenters. The van der Waals surface area contributed by atoms with E-state index in [2.05, 4.69) is 40.5 Å². The summed E-state index contributed by atoms with van der Waals surface area (Å²) in [5.74, 6) is 1.43. The number of carbonyl (C=O) groups is 2. The molecule has 2 saturated carbocycles. The van der Waals surface area contributed by atoms with Gasteiger partial charge < -0.3 is 25.1 Å². The molecule has 6 rings (SSSR count). The fourth-order valence-electron chi connectivity index (χ4n) is 7.10. The van der Waals surface area contributed by atoms with Crippen LogP contribution in [0.1, 0.15) is 62.8 Å². The van der Waals surface area contributed by atoms with Crippen LogP contribution in [0, 0.1) is 11.3 Å². The van der Waals surface area contributed by atoms with Crippen molar-refractivity contribution >= 4 is 11.9 Å². The molecule has 3 heterocycles. The van der Waals surface area contributed by atoms with E-state index in [-0.39, 0.29) is 29.5 Å². The van der Waals surface area contributed by atoms with Gasteiger partial charge in [0.15, 0.2) is 0 Å². The lowest BCUT2D eigenvalue weighted by molar-refractivity contribution is -0.141. The first-order chi connectivity index (χ1) is 17.0. The van der Waals surface area contributed by atoms with E-state index in [4.69, 9.17) is 0 Å². The quantitative estimate of drug-likeness (QED) is 0.680. The van der Waals surface area contributed by atoms with Crippen molar-refractivity contribution < 1.29 is 14.7 Å². The highest BCUT2D eigenvalue weighted by Crippen LogP contribution is 2.43. The number of benzene rings is 1. The van der Waals surface area contributed by atoms with Crippen LogP contribution in [0.25, 0.3) is 0 Å². The average molecular weight is 481 g/mol. The molecule has 2 N–H and O–H groups in total. The standard InChI is InChI=1S/C28H40N4O3/c33-23-9-7-22(8-10-23)32-14-12-28(26(32)34)11-4-13-30(19-28)27(35)31-17-20(18-31)16-29-25-15-24(25)21-5-2-1-3-6-21/h1-3,5-6,20,22-25,29,33H,4,7-19H2/t22?,23?,24-,25+,28+/m0/s1. The number of aliphatic hydroxyl groups excluding tert-OH is 1. The third-order valence-electron chi connectivity index (χ3n) is 9.41. The Morgan fingerprint density at radius 2 is 1.80 bits per heavy atom. The van der Waals surface area contributed by atoms with Crippen molar-refractivity contribution in [3.63, 3.8) is 0 Å². The molecule has 2 aliphatic carbocycles. The molecular weight excluding hydrogens is 440 g/mol. The summed E-state index contributed by atoms with van der Waals surface area (Å²) in [6.07, 6.45) is 7.09. The molecule has 35 heavy (non-hydrogen) atoms. The first-order valence-electron chi connectivity index (χ1n) is 13.8. The van der Waals surface area contributed by atoms with Crippen molar-refractivity contribution in [3.05, 3.63) is 35.9 Å². The van der Waals surface area contributed by atoms with Gasteiger partial charge in [0.25, 0.3) is 0 Å². The molecule has 190 valence electrons. The van der Waals surface area contributed by atoms with Gasteiger partial charge in [-0.15, -0.1) is 0 Å². The second-order valence-electron chi connectivity index (χ2n) is 11.8. The maximum atomic E-state index is 13.5. The van der Waals surface area contributed by atoms with E-state index in [9.17, 15) is 14.7 Å². The summed E-state index contributed by atoms with van der Waals surface area (Å²) in [4.78, 5) is 32.8. The molecule has 0 radical (unpaired) electrons. The zero-order valence-corrected chi connectivity index (χ0v) is 20.8. The molecule has 1 aromatic carbocycles. The van der Waals surface area contributed by atoms with E-state index in [0.717, 1.165) is 77.7 Å². The van der Waals surface area contributed by atoms with Crippen LogP contribution in [0.3, 0.4) is 0 Å². The van der Waals surface area contributed by atoms with Gasteiger partial charge in [-0.2, -0.15) is 0 Å². The summed E-state index contributed by atoms with van der Waals surface area (Å²) < 4.78 is 0.